The summed E-state index contributed by atoms with van der Waals surface area (Å²) in [7, 11) is 0. The van der Waals surface area contributed by atoms with E-state index >= 15 is 0 Å². The lowest BCUT2D eigenvalue weighted by molar-refractivity contribution is 0.605. The van der Waals surface area contributed by atoms with Crippen LogP contribution in [0.4, 0.5) is 11.5 Å². The number of aromatic amines is 1. The molecule has 0 aliphatic rings. The van der Waals surface area contributed by atoms with Crippen LogP contribution in [0.2, 0.25) is 0 Å². The molecule has 0 aliphatic carbocycles. The Morgan fingerprint density at radius 3 is 2.78 bits per heavy atom. The molecule has 6 heteroatoms. The zero-order chi connectivity index (χ0) is 13.7. The Bertz CT molecular complexity index is 530. The van der Waals surface area contributed by atoms with Gasteiger partial charge in [-0.05, 0) is 13.3 Å². The van der Waals surface area contributed by atoms with Crippen molar-refractivity contribution in [2.75, 3.05) is 11.1 Å². The molecule has 0 saturated heterocycles. The Labute approximate surface area is 106 Å². The second-order valence-corrected chi connectivity index (χ2v) is 4.19. The van der Waals surface area contributed by atoms with E-state index in [1.807, 2.05) is 13.8 Å². The molecular formula is C12H20N4O2. The largest absolute Gasteiger partial charge is 0.383 e. The highest BCUT2D eigenvalue weighted by molar-refractivity contribution is 5.61. The molecule has 1 unspecified atom stereocenters. The third-order valence-electron chi connectivity index (χ3n) is 2.70. The van der Waals surface area contributed by atoms with Gasteiger partial charge >= 0.3 is 5.69 Å². The van der Waals surface area contributed by atoms with Crippen molar-refractivity contribution in [2.24, 2.45) is 0 Å². The van der Waals surface area contributed by atoms with Crippen molar-refractivity contribution in [3.63, 3.8) is 0 Å². The fraction of sp³-hybridized carbons (Fsp3) is 0.500. The standard InChI is InChI=1S/C12H20N4O2/c1-4-6-7-16-10(13)9(14-8(3)5-2)11(17)15-12(16)18/h5,8,14H,2,4,6-7,13H2,1,3H3,(H,15,17,18). The minimum Gasteiger partial charge on any atom is -0.383 e. The van der Waals surface area contributed by atoms with Gasteiger partial charge in [-0.15, -0.1) is 6.58 Å². The van der Waals surface area contributed by atoms with Crippen LogP contribution in [-0.2, 0) is 6.54 Å². The van der Waals surface area contributed by atoms with Gasteiger partial charge in [0.1, 0.15) is 11.5 Å². The number of nitrogen functional groups attached to an aromatic ring is 1. The lowest BCUT2D eigenvalue weighted by atomic mass is 10.3. The zero-order valence-electron chi connectivity index (χ0n) is 10.8. The smallest absolute Gasteiger partial charge is 0.330 e. The van der Waals surface area contributed by atoms with Crippen LogP contribution in [0.25, 0.3) is 0 Å². The molecule has 0 aromatic carbocycles. The van der Waals surface area contributed by atoms with Crippen LogP contribution in [0, 0.1) is 0 Å². The van der Waals surface area contributed by atoms with E-state index in [2.05, 4.69) is 16.9 Å². The quantitative estimate of drug-likeness (QED) is 0.656. The van der Waals surface area contributed by atoms with Gasteiger partial charge in [-0.3, -0.25) is 14.3 Å². The molecule has 0 saturated carbocycles. The summed E-state index contributed by atoms with van der Waals surface area (Å²) in [5.74, 6) is 0.172. The van der Waals surface area contributed by atoms with Gasteiger partial charge < -0.3 is 11.1 Å². The second kappa shape index (κ2) is 6.09. The maximum atomic E-state index is 11.7. The lowest BCUT2D eigenvalue weighted by Crippen LogP contribution is -2.35. The highest BCUT2D eigenvalue weighted by Crippen LogP contribution is 2.12. The molecule has 0 radical (unpaired) electrons. The van der Waals surface area contributed by atoms with E-state index in [-0.39, 0.29) is 17.5 Å². The van der Waals surface area contributed by atoms with Crippen LogP contribution in [0.1, 0.15) is 26.7 Å². The van der Waals surface area contributed by atoms with Gasteiger partial charge in [0.2, 0.25) is 0 Å². The Kier molecular flexibility index (Phi) is 4.76. The molecule has 100 valence electrons. The minimum absolute atomic E-state index is 0.106. The predicted molar refractivity (Wildman–Crippen MR) is 73.9 cm³/mol. The van der Waals surface area contributed by atoms with Gasteiger partial charge in [0, 0.05) is 12.6 Å². The van der Waals surface area contributed by atoms with Crippen molar-refractivity contribution in [2.45, 2.75) is 39.3 Å². The van der Waals surface area contributed by atoms with Gasteiger partial charge in [-0.1, -0.05) is 19.4 Å². The molecule has 0 spiro atoms. The summed E-state index contributed by atoms with van der Waals surface area (Å²) in [6.07, 6.45) is 3.42. The third kappa shape index (κ3) is 3.03. The first-order valence-electron chi connectivity index (χ1n) is 6.03. The molecule has 1 atom stereocenters. The van der Waals surface area contributed by atoms with Crippen LogP contribution < -0.4 is 22.3 Å². The van der Waals surface area contributed by atoms with Crippen molar-refractivity contribution in [1.29, 1.82) is 0 Å². The van der Waals surface area contributed by atoms with E-state index in [1.165, 1.54) is 4.57 Å². The first-order chi connectivity index (χ1) is 8.51. The number of rotatable bonds is 6. The predicted octanol–water partition coefficient (Wildman–Crippen LogP) is 0.905. The fourth-order valence-corrected chi connectivity index (χ4v) is 1.55. The SMILES string of the molecule is C=CC(C)Nc1c(N)n(CCCC)c(=O)[nH]c1=O. The summed E-state index contributed by atoms with van der Waals surface area (Å²) in [5, 5.41) is 2.93. The number of anilines is 2. The van der Waals surface area contributed by atoms with Gasteiger partial charge in [0.25, 0.3) is 5.56 Å². The van der Waals surface area contributed by atoms with Crippen molar-refractivity contribution in [1.82, 2.24) is 9.55 Å². The van der Waals surface area contributed by atoms with Gasteiger partial charge in [-0.2, -0.15) is 0 Å². The summed E-state index contributed by atoms with van der Waals surface area (Å²) in [4.78, 5) is 25.6. The van der Waals surface area contributed by atoms with Crippen LogP contribution >= 0.6 is 0 Å². The van der Waals surface area contributed by atoms with Crippen molar-refractivity contribution in [3.8, 4) is 0 Å². The molecular weight excluding hydrogens is 232 g/mol. The molecule has 1 aromatic rings. The number of hydrogen-bond donors (Lipinski definition) is 3. The average molecular weight is 252 g/mol. The van der Waals surface area contributed by atoms with E-state index in [9.17, 15) is 9.59 Å². The first kappa shape index (κ1) is 14.1. The average Bonchev–Trinajstić information content (AvgIpc) is 2.33. The Morgan fingerprint density at radius 1 is 1.56 bits per heavy atom. The molecule has 0 fully saturated rings. The van der Waals surface area contributed by atoms with E-state index < -0.39 is 11.2 Å². The number of nitrogens with zero attached hydrogens (tertiary/aromatic N) is 1. The number of H-pyrrole nitrogens is 1. The van der Waals surface area contributed by atoms with E-state index in [0.29, 0.717) is 6.54 Å². The Hall–Kier alpha value is -1.98. The molecule has 1 rings (SSSR count). The monoisotopic (exact) mass is 252 g/mol. The number of aromatic nitrogens is 2. The molecule has 6 nitrogen and oxygen atoms in total. The second-order valence-electron chi connectivity index (χ2n) is 4.19. The van der Waals surface area contributed by atoms with E-state index in [1.54, 1.807) is 6.08 Å². The van der Waals surface area contributed by atoms with Crippen LogP contribution in [0.3, 0.4) is 0 Å². The third-order valence-corrected chi connectivity index (χ3v) is 2.70. The van der Waals surface area contributed by atoms with Crippen LogP contribution in [0.5, 0.6) is 0 Å². The van der Waals surface area contributed by atoms with Gasteiger partial charge in [-0.25, -0.2) is 4.79 Å². The first-order valence-corrected chi connectivity index (χ1v) is 6.03. The van der Waals surface area contributed by atoms with Crippen LogP contribution in [0.15, 0.2) is 22.2 Å². The molecule has 1 aromatic heterocycles. The molecule has 0 bridgehead atoms. The molecule has 1 heterocycles. The maximum Gasteiger partial charge on any atom is 0.330 e. The van der Waals surface area contributed by atoms with E-state index in [0.717, 1.165) is 12.8 Å². The Morgan fingerprint density at radius 2 is 2.22 bits per heavy atom. The van der Waals surface area contributed by atoms with Crippen LogP contribution in [-0.4, -0.2) is 15.6 Å². The van der Waals surface area contributed by atoms with Crippen molar-refractivity contribution < 1.29 is 0 Å². The summed E-state index contributed by atoms with van der Waals surface area (Å²) in [6.45, 7) is 7.98. The number of unbranched alkanes of at least 4 members (excludes halogenated alkanes) is 1. The fourth-order valence-electron chi connectivity index (χ4n) is 1.55. The maximum absolute atomic E-state index is 11.7. The highest BCUT2D eigenvalue weighted by atomic mass is 16.2. The minimum atomic E-state index is -0.501. The van der Waals surface area contributed by atoms with Crippen molar-refractivity contribution >= 4 is 11.5 Å². The number of hydrogen-bond acceptors (Lipinski definition) is 4. The summed E-state index contributed by atoms with van der Waals surface area (Å²) >= 11 is 0. The summed E-state index contributed by atoms with van der Waals surface area (Å²) < 4.78 is 1.38. The van der Waals surface area contributed by atoms with E-state index in [4.69, 9.17) is 5.73 Å². The van der Waals surface area contributed by atoms with Crippen molar-refractivity contribution in [3.05, 3.63) is 33.5 Å². The lowest BCUT2D eigenvalue weighted by Gasteiger charge is -2.15. The topological polar surface area (TPSA) is 92.9 Å². The number of nitrogens with one attached hydrogen (secondary N) is 2. The zero-order valence-corrected chi connectivity index (χ0v) is 10.8. The normalized spacial score (nSPS) is 12.1. The molecule has 18 heavy (non-hydrogen) atoms. The molecule has 4 N–H and O–H groups in total. The summed E-state index contributed by atoms with van der Waals surface area (Å²) in [5.41, 5.74) is 5.12. The molecule has 0 aliphatic heterocycles. The number of nitrogens with two attached hydrogens (primary N) is 1. The van der Waals surface area contributed by atoms with Gasteiger partial charge in [0.05, 0.1) is 0 Å². The van der Waals surface area contributed by atoms with Gasteiger partial charge in [0.15, 0.2) is 0 Å². The molecule has 0 amide bonds. The summed E-state index contributed by atoms with van der Waals surface area (Å²) in [6, 6.07) is -0.106. The Balaban J connectivity index is 3.22. The highest BCUT2D eigenvalue weighted by Gasteiger charge is 2.12.